The zero-order valence-corrected chi connectivity index (χ0v) is 14.6. The molecule has 0 aliphatic carbocycles. The highest BCUT2D eigenvalue weighted by Crippen LogP contribution is 2.19. The minimum absolute atomic E-state index is 0.0592. The number of nitrogens with zero attached hydrogens (tertiary/aromatic N) is 1. The minimum Gasteiger partial charge on any atom is -0.339 e. The molecule has 5 nitrogen and oxygen atoms in total. The predicted octanol–water partition coefficient (Wildman–Crippen LogP) is 4.18. The Bertz CT molecular complexity index is 778. The standard InChI is InChI=1S/C20H23N3O2/c1-14-6-5-7-18(15(14)2)22-20(25)21-17-10-8-16(9-11-17)19(24)23-12-3-4-13-23/h5-11H,3-4,12-13H2,1-2H3,(H2,21,22,25). The molecule has 1 heterocycles. The smallest absolute Gasteiger partial charge is 0.323 e. The van der Waals surface area contributed by atoms with Gasteiger partial charge in [-0.25, -0.2) is 4.79 Å². The summed E-state index contributed by atoms with van der Waals surface area (Å²) in [6.07, 6.45) is 2.15. The van der Waals surface area contributed by atoms with Gasteiger partial charge in [0.1, 0.15) is 0 Å². The molecule has 0 bridgehead atoms. The molecule has 0 atom stereocenters. The van der Waals surface area contributed by atoms with Crippen LogP contribution in [-0.2, 0) is 0 Å². The summed E-state index contributed by atoms with van der Waals surface area (Å²) in [4.78, 5) is 26.4. The first kappa shape index (κ1) is 17.0. The van der Waals surface area contributed by atoms with Crippen molar-refractivity contribution in [3.63, 3.8) is 0 Å². The largest absolute Gasteiger partial charge is 0.339 e. The van der Waals surface area contributed by atoms with Crippen LogP contribution in [0.5, 0.6) is 0 Å². The molecule has 1 fully saturated rings. The molecule has 2 aromatic carbocycles. The Kier molecular flexibility index (Phi) is 5.03. The fourth-order valence-corrected chi connectivity index (χ4v) is 2.97. The third kappa shape index (κ3) is 3.99. The van der Waals surface area contributed by atoms with Crippen LogP contribution in [0.3, 0.4) is 0 Å². The van der Waals surface area contributed by atoms with E-state index < -0.39 is 0 Å². The molecular weight excluding hydrogens is 314 g/mol. The van der Waals surface area contributed by atoms with Gasteiger partial charge in [-0.05, 0) is 68.1 Å². The quantitative estimate of drug-likeness (QED) is 0.882. The summed E-state index contributed by atoms with van der Waals surface area (Å²) in [6, 6.07) is 12.5. The predicted molar refractivity (Wildman–Crippen MR) is 100 cm³/mol. The van der Waals surface area contributed by atoms with E-state index in [2.05, 4.69) is 10.6 Å². The van der Waals surface area contributed by atoms with Crippen LogP contribution in [0.1, 0.15) is 34.3 Å². The van der Waals surface area contributed by atoms with Crippen LogP contribution in [0.15, 0.2) is 42.5 Å². The highest BCUT2D eigenvalue weighted by atomic mass is 16.2. The summed E-state index contributed by atoms with van der Waals surface area (Å²) in [5.74, 6) is 0.0592. The molecule has 0 saturated carbocycles. The second kappa shape index (κ2) is 7.38. The van der Waals surface area contributed by atoms with E-state index in [1.54, 1.807) is 24.3 Å². The molecule has 5 heteroatoms. The topological polar surface area (TPSA) is 61.4 Å². The monoisotopic (exact) mass is 337 g/mol. The highest BCUT2D eigenvalue weighted by molar-refractivity contribution is 6.01. The van der Waals surface area contributed by atoms with E-state index in [-0.39, 0.29) is 11.9 Å². The number of aryl methyl sites for hydroxylation is 1. The molecule has 1 aliphatic rings. The third-order valence-electron chi connectivity index (χ3n) is 4.64. The van der Waals surface area contributed by atoms with E-state index in [9.17, 15) is 9.59 Å². The lowest BCUT2D eigenvalue weighted by Crippen LogP contribution is -2.27. The summed E-state index contributed by atoms with van der Waals surface area (Å²) in [6.45, 7) is 5.65. The molecule has 3 amide bonds. The minimum atomic E-state index is -0.299. The van der Waals surface area contributed by atoms with Crippen molar-refractivity contribution in [2.24, 2.45) is 0 Å². The number of nitrogens with one attached hydrogen (secondary N) is 2. The normalized spacial score (nSPS) is 13.6. The van der Waals surface area contributed by atoms with Crippen LogP contribution in [0.2, 0.25) is 0 Å². The van der Waals surface area contributed by atoms with Gasteiger partial charge in [-0.2, -0.15) is 0 Å². The summed E-state index contributed by atoms with van der Waals surface area (Å²) < 4.78 is 0. The van der Waals surface area contributed by atoms with E-state index in [0.29, 0.717) is 11.3 Å². The third-order valence-corrected chi connectivity index (χ3v) is 4.64. The van der Waals surface area contributed by atoms with E-state index >= 15 is 0 Å². The Morgan fingerprint density at radius 2 is 1.60 bits per heavy atom. The Morgan fingerprint density at radius 1 is 0.920 bits per heavy atom. The van der Waals surface area contributed by atoms with Gasteiger partial charge in [0.25, 0.3) is 5.91 Å². The molecule has 25 heavy (non-hydrogen) atoms. The number of amides is 3. The summed E-state index contributed by atoms with van der Waals surface area (Å²) in [7, 11) is 0. The zero-order chi connectivity index (χ0) is 17.8. The maximum Gasteiger partial charge on any atom is 0.323 e. The number of rotatable bonds is 3. The Morgan fingerprint density at radius 3 is 2.28 bits per heavy atom. The molecule has 2 aromatic rings. The maximum absolute atomic E-state index is 12.3. The van der Waals surface area contributed by atoms with Crippen molar-refractivity contribution in [1.82, 2.24) is 4.90 Å². The van der Waals surface area contributed by atoms with Crippen LogP contribution < -0.4 is 10.6 Å². The van der Waals surface area contributed by atoms with Gasteiger partial charge in [0.2, 0.25) is 0 Å². The van der Waals surface area contributed by atoms with Gasteiger partial charge in [0.05, 0.1) is 0 Å². The summed E-state index contributed by atoms with van der Waals surface area (Å²) in [5.41, 5.74) is 4.27. The van der Waals surface area contributed by atoms with Gasteiger partial charge in [0.15, 0.2) is 0 Å². The maximum atomic E-state index is 12.3. The first-order valence-electron chi connectivity index (χ1n) is 8.58. The second-order valence-corrected chi connectivity index (χ2v) is 6.40. The fraction of sp³-hybridized carbons (Fsp3) is 0.300. The number of hydrogen-bond acceptors (Lipinski definition) is 2. The van der Waals surface area contributed by atoms with Gasteiger partial charge in [-0.1, -0.05) is 12.1 Å². The Balaban J connectivity index is 1.62. The number of carbonyl (C=O) groups excluding carboxylic acids is 2. The van der Waals surface area contributed by atoms with E-state index in [0.717, 1.165) is 42.7 Å². The molecule has 1 saturated heterocycles. The van der Waals surface area contributed by atoms with Gasteiger partial charge in [-0.3, -0.25) is 4.79 Å². The molecule has 130 valence electrons. The molecule has 3 rings (SSSR count). The zero-order valence-electron chi connectivity index (χ0n) is 14.6. The second-order valence-electron chi connectivity index (χ2n) is 6.40. The first-order chi connectivity index (χ1) is 12.0. The molecule has 0 spiro atoms. The Hall–Kier alpha value is -2.82. The van der Waals surface area contributed by atoms with Crippen molar-refractivity contribution in [2.45, 2.75) is 26.7 Å². The average molecular weight is 337 g/mol. The summed E-state index contributed by atoms with van der Waals surface area (Å²) >= 11 is 0. The van der Waals surface area contributed by atoms with Crippen molar-refractivity contribution in [3.05, 3.63) is 59.2 Å². The van der Waals surface area contributed by atoms with Gasteiger partial charge >= 0.3 is 6.03 Å². The summed E-state index contributed by atoms with van der Waals surface area (Å²) in [5, 5.41) is 5.65. The molecule has 0 unspecified atom stereocenters. The molecule has 0 aromatic heterocycles. The fourth-order valence-electron chi connectivity index (χ4n) is 2.97. The number of urea groups is 1. The van der Waals surface area contributed by atoms with Crippen LogP contribution in [0.25, 0.3) is 0 Å². The van der Waals surface area contributed by atoms with Crippen molar-refractivity contribution < 1.29 is 9.59 Å². The van der Waals surface area contributed by atoms with Crippen molar-refractivity contribution >= 4 is 23.3 Å². The molecule has 1 aliphatic heterocycles. The van der Waals surface area contributed by atoms with Crippen LogP contribution in [0, 0.1) is 13.8 Å². The number of hydrogen-bond donors (Lipinski definition) is 2. The molecule has 0 radical (unpaired) electrons. The van der Waals surface area contributed by atoms with Gasteiger partial charge in [-0.15, -0.1) is 0 Å². The molecular formula is C20H23N3O2. The first-order valence-corrected chi connectivity index (χ1v) is 8.58. The van der Waals surface area contributed by atoms with E-state index in [4.69, 9.17) is 0 Å². The van der Waals surface area contributed by atoms with Crippen molar-refractivity contribution in [3.8, 4) is 0 Å². The van der Waals surface area contributed by atoms with E-state index in [1.807, 2.05) is 36.9 Å². The van der Waals surface area contributed by atoms with Crippen LogP contribution >= 0.6 is 0 Å². The van der Waals surface area contributed by atoms with Crippen LogP contribution in [0.4, 0.5) is 16.2 Å². The lowest BCUT2D eigenvalue weighted by molar-refractivity contribution is 0.0793. The van der Waals surface area contributed by atoms with Crippen LogP contribution in [-0.4, -0.2) is 29.9 Å². The molecule has 2 N–H and O–H groups in total. The van der Waals surface area contributed by atoms with E-state index in [1.165, 1.54) is 0 Å². The lowest BCUT2D eigenvalue weighted by Gasteiger charge is -2.15. The van der Waals surface area contributed by atoms with Gasteiger partial charge in [0, 0.05) is 30.0 Å². The van der Waals surface area contributed by atoms with Crippen molar-refractivity contribution in [1.29, 1.82) is 0 Å². The number of anilines is 2. The number of benzene rings is 2. The van der Waals surface area contributed by atoms with Crippen molar-refractivity contribution in [2.75, 3.05) is 23.7 Å². The highest BCUT2D eigenvalue weighted by Gasteiger charge is 2.19. The number of carbonyl (C=O) groups is 2. The lowest BCUT2D eigenvalue weighted by atomic mass is 10.1. The SMILES string of the molecule is Cc1cccc(NC(=O)Nc2ccc(C(=O)N3CCCC3)cc2)c1C. The Labute approximate surface area is 148 Å². The average Bonchev–Trinajstić information content (AvgIpc) is 3.13. The van der Waals surface area contributed by atoms with Gasteiger partial charge < -0.3 is 15.5 Å². The number of likely N-dealkylation sites (tertiary alicyclic amines) is 1.